The van der Waals surface area contributed by atoms with Gasteiger partial charge in [0, 0.05) is 50.1 Å². The number of hydrogen-bond acceptors (Lipinski definition) is 1. The molecule has 0 bridgehead atoms. The highest BCUT2D eigenvalue weighted by atomic mass is 15.0. The second kappa shape index (κ2) is 13.4. The lowest BCUT2D eigenvalue weighted by Crippen LogP contribution is -2.23. The van der Waals surface area contributed by atoms with Crippen LogP contribution < -0.4 is 5.32 Å². The van der Waals surface area contributed by atoms with Gasteiger partial charge in [-0.05, 0) is 98.8 Å². The van der Waals surface area contributed by atoms with Crippen molar-refractivity contribution in [2.24, 2.45) is 5.92 Å². The lowest BCUT2D eigenvalue weighted by atomic mass is 9.73. The average molecular weight is 745 g/mol. The van der Waals surface area contributed by atoms with Crippen molar-refractivity contribution in [2.75, 3.05) is 5.32 Å². The minimum absolute atomic E-state index is 0.0477. The van der Waals surface area contributed by atoms with Gasteiger partial charge in [-0.3, -0.25) is 0 Å². The first-order valence-electron chi connectivity index (χ1n) is 20.6. The Labute approximate surface area is 340 Å². The van der Waals surface area contributed by atoms with Gasteiger partial charge in [-0.1, -0.05) is 172 Å². The number of rotatable bonds is 6. The van der Waals surface area contributed by atoms with Gasteiger partial charge >= 0.3 is 0 Å². The number of benzene rings is 8. The highest BCUT2D eigenvalue weighted by Gasteiger charge is 2.43. The maximum Gasteiger partial charge on any atom is 0.0541 e. The van der Waals surface area contributed by atoms with E-state index in [9.17, 15) is 0 Å². The highest BCUT2D eigenvalue weighted by Crippen LogP contribution is 2.57. The summed E-state index contributed by atoms with van der Waals surface area (Å²) in [6, 6.07) is 69.1. The van der Waals surface area contributed by atoms with Crippen LogP contribution in [0.2, 0.25) is 0 Å². The Morgan fingerprint density at radius 3 is 2.02 bits per heavy atom. The second-order valence-corrected chi connectivity index (χ2v) is 16.7. The number of para-hydroxylation sites is 1. The second-order valence-electron chi connectivity index (χ2n) is 16.7. The number of fused-ring (bicyclic) bond motifs is 6. The van der Waals surface area contributed by atoms with Crippen LogP contribution in [-0.4, -0.2) is 4.57 Å². The summed E-state index contributed by atoms with van der Waals surface area (Å²) in [5.74, 6) is 0.299. The molecule has 0 aliphatic heterocycles. The Morgan fingerprint density at radius 2 is 1.14 bits per heavy atom. The van der Waals surface area contributed by atoms with Crippen molar-refractivity contribution >= 4 is 49.4 Å². The molecule has 1 heterocycles. The van der Waals surface area contributed by atoms with Crippen molar-refractivity contribution in [3.63, 3.8) is 0 Å². The Hall–Kier alpha value is -6.90. The summed E-state index contributed by atoms with van der Waals surface area (Å²) in [5, 5.41) is 9.06. The predicted octanol–water partition coefficient (Wildman–Crippen LogP) is 14.9. The molecule has 0 saturated carbocycles. The van der Waals surface area contributed by atoms with E-state index in [-0.39, 0.29) is 5.41 Å². The number of nitrogens with zero attached hydrogens (tertiary/aromatic N) is 1. The van der Waals surface area contributed by atoms with E-state index in [1.54, 1.807) is 0 Å². The average Bonchev–Trinajstić information content (AvgIpc) is 3.72. The summed E-state index contributed by atoms with van der Waals surface area (Å²) in [5.41, 5.74) is 19.1. The summed E-state index contributed by atoms with van der Waals surface area (Å²) in [6.07, 6.45) is 1.02. The van der Waals surface area contributed by atoms with E-state index >= 15 is 0 Å². The molecule has 0 saturated heterocycles. The fraction of sp³-hybridized carbons (Fsp3) is 0.107. The van der Waals surface area contributed by atoms with Gasteiger partial charge in [0.15, 0.2) is 0 Å². The van der Waals surface area contributed by atoms with Gasteiger partial charge in [-0.25, -0.2) is 0 Å². The zero-order valence-corrected chi connectivity index (χ0v) is 33.1. The van der Waals surface area contributed by atoms with Crippen LogP contribution >= 0.6 is 0 Å². The molecular weight excluding hydrogens is 701 g/mol. The van der Waals surface area contributed by atoms with Crippen molar-refractivity contribution in [3.05, 3.63) is 216 Å². The van der Waals surface area contributed by atoms with Gasteiger partial charge in [0.25, 0.3) is 0 Å². The van der Waals surface area contributed by atoms with E-state index in [4.69, 9.17) is 0 Å². The van der Waals surface area contributed by atoms with Crippen molar-refractivity contribution in [1.82, 2.24) is 4.57 Å². The lowest BCUT2D eigenvalue weighted by molar-refractivity contribution is 0.555. The zero-order valence-electron chi connectivity index (χ0n) is 33.1. The first-order chi connectivity index (χ1) is 28.4. The van der Waals surface area contributed by atoms with Crippen molar-refractivity contribution < 1.29 is 0 Å². The Kier molecular flexibility index (Phi) is 7.91. The van der Waals surface area contributed by atoms with Gasteiger partial charge < -0.3 is 9.88 Å². The predicted molar refractivity (Wildman–Crippen MR) is 246 cm³/mol. The molecule has 8 aromatic carbocycles. The Bertz CT molecular complexity index is 3150. The third kappa shape index (κ3) is 5.40. The van der Waals surface area contributed by atoms with Crippen molar-refractivity contribution in [2.45, 2.75) is 32.6 Å². The van der Waals surface area contributed by atoms with E-state index in [2.05, 4.69) is 219 Å². The Balaban J connectivity index is 1.08. The highest BCUT2D eigenvalue weighted by molar-refractivity contribution is 6.13. The van der Waals surface area contributed by atoms with E-state index in [0.29, 0.717) is 5.92 Å². The van der Waals surface area contributed by atoms with Gasteiger partial charge in [0.2, 0.25) is 0 Å². The molecule has 9 aromatic rings. The van der Waals surface area contributed by atoms with Gasteiger partial charge in [0.1, 0.15) is 0 Å². The molecule has 0 fully saturated rings. The number of nitrogens with one attached hydrogen (secondary N) is 1. The topological polar surface area (TPSA) is 17.0 Å². The molecule has 0 spiro atoms. The maximum atomic E-state index is 4.07. The number of aromatic nitrogens is 1. The monoisotopic (exact) mass is 744 g/mol. The quantitative estimate of drug-likeness (QED) is 0.179. The van der Waals surface area contributed by atoms with E-state index in [0.717, 1.165) is 17.8 Å². The summed E-state index contributed by atoms with van der Waals surface area (Å²) < 4.78 is 2.42. The first-order valence-corrected chi connectivity index (χ1v) is 20.6. The lowest BCUT2D eigenvalue weighted by Gasteiger charge is -2.34. The molecule has 278 valence electrons. The van der Waals surface area contributed by atoms with Gasteiger partial charge in [-0.15, -0.1) is 0 Å². The normalized spacial score (nSPS) is 15.9. The summed E-state index contributed by atoms with van der Waals surface area (Å²) in [4.78, 5) is 0. The molecule has 58 heavy (non-hydrogen) atoms. The first kappa shape index (κ1) is 34.4. The minimum atomic E-state index is -0.0477. The number of allylic oxidation sites excluding steroid dienone is 4. The molecule has 0 amide bonds. The number of anilines is 1. The van der Waals surface area contributed by atoms with Gasteiger partial charge in [0.05, 0.1) is 11.0 Å². The van der Waals surface area contributed by atoms with Crippen LogP contribution in [0.3, 0.4) is 0 Å². The molecule has 1 atom stereocenters. The maximum absolute atomic E-state index is 4.07. The largest absolute Gasteiger partial charge is 0.358 e. The summed E-state index contributed by atoms with van der Waals surface area (Å²) in [6.45, 7) is 7.24. The molecule has 1 unspecified atom stereocenters. The van der Waals surface area contributed by atoms with Crippen LogP contribution in [0.15, 0.2) is 199 Å². The number of hydrogen-bond donors (Lipinski definition) is 1. The molecule has 11 rings (SSSR count). The standard InChI is InChI=1S/C56H44N2/c1-36-32-49-54(46-26-9-11-27-48(46)56(49,2)3)53(55(36)57-50-28-15-19-38-18-7-8-24-44(38)50)42-22-13-20-39(33-42)41-30-31-52-47(35-41)45-25-10-12-29-51(45)58(52)43-23-14-21-40(34-43)37-16-5-4-6-17-37/h4-31,33-36,57H,32H2,1-3H3. The molecule has 2 nitrogen and oxygen atoms in total. The fourth-order valence-electron chi connectivity index (χ4n) is 10.0. The van der Waals surface area contributed by atoms with Crippen LogP contribution in [-0.2, 0) is 5.41 Å². The van der Waals surface area contributed by atoms with Crippen LogP contribution in [0, 0.1) is 5.92 Å². The van der Waals surface area contributed by atoms with Crippen molar-refractivity contribution in [1.29, 1.82) is 0 Å². The SMILES string of the molecule is CC1CC2=C(C(c3cccc(-c4ccc5c(c4)c4ccccc4n5-c4cccc(-c5ccccc5)c4)c3)=C1Nc1cccc3ccccc13)c1ccccc1C2(C)C. The molecule has 2 aliphatic rings. The molecule has 2 aliphatic carbocycles. The van der Waals surface area contributed by atoms with Crippen LogP contribution in [0.5, 0.6) is 0 Å². The molecule has 1 aromatic heterocycles. The van der Waals surface area contributed by atoms with E-state index in [1.165, 1.54) is 93.9 Å². The van der Waals surface area contributed by atoms with E-state index < -0.39 is 0 Å². The third-order valence-electron chi connectivity index (χ3n) is 12.9. The zero-order chi connectivity index (χ0) is 39.0. The summed E-state index contributed by atoms with van der Waals surface area (Å²) >= 11 is 0. The molecule has 0 radical (unpaired) electrons. The Morgan fingerprint density at radius 1 is 0.500 bits per heavy atom. The molecular formula is C56H44N2. The van der Waals surface area contributed by atoms with E-state index in [1.807, 2.05) is 0 Å². The summed E-state index contributed by atoms with van der Waals surface area (Å²) in [7, 11) is 0. The van der Waals surface area contributed by atoms with Gasteiger partial charge in [-0.2, -0.15) is 0 Å². The molecule has 1 N–H and O–H groups in total. The third-order valence-corrected chi connectivity index (χ3v) is 12.9. The van der Waals surface area contributed by atoms with Crippen LogP contribution in [0.1, 0.15) is 43.9 Å². The van der Waals surface area contributed by atoms with Crippen molar-refractivity contribution in [3.8, 4) is 27.9 Å². The molecule has 2 heteroatoms. The fourth-order valence-corrected chi connectivity index (χ4v) is 10.0. The smallest absolute Gasteiger partial charge is 0.0541 e. The van der Waals surface area contributed by atoms with Crippen LogP contribution in [0.25, 0.3) is 71.7 Å². The minimum Gasteiger partial charge on any atom is -0.358 e. The van der Waals surface area contributed by atoms with Crippen LogP contribution in [0.4, 0.5) is 5.69 Å².